The van der Waals surface area contributed by atoms with Crippen molar-refractivity contribution in [1.29, 1.82) is 0 Å². The van der Waals surface area contributed by atoms with Gasteiger partial charge in [0.05, 0.1) is 12.3 Å². The Morgan fingerprint density at radius 3 is 2.58 bits per heavy atom. The predicted octanol–water partition coefficient (Wildman–Crippen LogP) is 2.52. The van der Waals surface area contributed by atoms with Crippen LogP contribution in [0, 0.1) is 0 Å². The summed E-state index contributed by atoms with van der Waals surface area (Å²) < 4.78 is 0. The Labute approximate surface area is 112 Å². The van der Waals surface area contributed by atoms with E-state index < -0.39 is 0 Å². The van der Waals surface area contributed by atoms with E-state index in [1.54, 1.807) is 0 Å². The van der Waals surface area contributed by atoms with Gasteiger partial charge in [-0.1, -0.05) is 48.5 Å². The second-order valence-electron chi connectivity index (χ2n) is 4.49. The number of carbonyl (C=O) groups is 1. The number of anilines is 1. The number of fused-ring (bicyclic) bond motifs is 1. The lowest BCUT2D eigenvalue weighted by Crippen LogP contribution is -2.23. The minimum atomic E-state index is -0.262. The standard InChI is InChI=1S/C16H14N2O/c19-11-13-10-17-16(12-6-2-1-3-7-12)14-8-4-5-9-15(14)18-13/h1-9,11,13,18H,10H2. The zero-order valence-corrected chi connectivity index (χ0v) is 10.4. The molecule has 1 N–H and O–H groups in total. The maximum atomic E-state index is 11.0. The number of aldehydes is 1. The van der Waals surface area contributed by atoms with Gasteiger partial charge in [0.1, 0.15) is 12.3 Å². The Kier molecular flexibility index (Phi) is 3.11. The first-order valence-corrected chi connectivity index (χ1v) is 6.29. The van der Waals surface area contributed by atoms with Crippen LogP contribution in [0.3, 0.4) is 0 Å². The molecule has 3 nitrogen and oxygen atoms in total. The monoisotopic (exact) mass is 250 g/mol. The van der Waals surface area contributed by atoms with Gasteiger partial charge in [-0.3, -0.25) is 4.99 Å². The first-order chi connectivity index (χ1) is 9.38. The van der Waals surface area contributed by atoms with Crippen LogP contribution in [0.2, 0.25) is 0 Å². The molecule has 3 heteroatoms. The van der Waals surface area contributed by atoms with Crippen molar-refractivity contribution >= 4 is 17.7 Å². The molecular formula is C16H14N2O. The van der Waals surface area contributed by atoms with Crippen LogP contribution in [-0.4, -0.2) is 24.6 Å². The summed E-state index contributed by atoms with van der Waals surface area (Å²) in [7, 11) is 0. The van der Waals surface area contributed by atoms with E-state index in [1.165, 1.54) is 0 Å². The highest BCUT2D eigenvalue weighted by Crippen LogP contribution is 2.23. The molecule has 0 amide bonds. The topological polar surface area (TPSA) is 41.5 Å². The van der Waals surface area contributed by atoms with Crippen molar-refractivity contribution in [2.75, 3.05) is 11.9 Å². The van der Waals surface area contributed by atoms with E-state index in [2.05, 4.69) is 10.3 Å². The summed E-state index contributed by atoms with van der Waals surface area (Å²) in [5.74, 6) is 0. The average molecular weight is 250 g/mol. The summed E-state index contributed by atoms with van der Waals surface area (Å²) in [6.45, 7) is 0.461. The Hall–Kier alpha value is -2.42. The van der Waals surface area contributed by atoms with Crippen LogP contribution in [0.15, 0.2) is 59.6 Å². The van der Waals surface area contributed by atoms with Gasteiger partial charge >= 0.3 is 0 Å². The summed E-state index contributed by atoms with van der Waals surface area (Å²) in [4.78, 5) is 15.6. The second kappa shape index (κ2) is 5.06. The Balaban J connectivity index is 2.13. The molecule has 0 radical (unpaired) electrons. The van der Waals surface area contributed by atoms with Crippen molar-refractivity contribution < 1.29 is 4.79 Å². The number of nitrogens with zero attached hydrogens (tertiary/aromatic N) is 1. The lowest BCUT2D eigenvalue weighted by Gasteiger charge is -2.12. The summed E-state index contributed by atoms with van der Waals surface area (Å²) in [6, 6.07) is 17.7. The Morgan fingerprint density at radius 2 is 1.79 bits per heavy atom. The van der Waals surface area contributed by atoms with Crippen molar-refractivity contribution in [3.05, 3.63) is 65.7 Å². The van der Waals surface area contributed by atoms with Gasteiger partial charge in [0.2, 0.25) is 0 Å². The maximum Gasteiger partial charge on any atom is 0.144 e. The Morgan fingerprint density at radius 1 is 1.05 bits per heavy atom. The van der Waals surface area contributed by atoms with Crippen LogP contribution < -0.4 is 5.32 Å². The van der Waals surface area contributed by atoms with Gasteiger partial charge in [-0.05, 0) is 6.07 Å². The van der Waals surface area contributed by atoms with Gasteiger partial charge in [-0.25, -0.2) is 0 Å². The fraction of sp³-hybridized carbons (Fsp3) is 0.125. The van der Waals surface area contributed by atoms with Crippen LogP contribution in [0.5, 0.6) is 0 Å². The maximum absolute atomic E-state index is 11.0. The SMILES string of the molecule is O=CC1CN=C(c2ccccc2)c2ccccc2N1. The van der Waals surface area contributed by atoms with Crippen LogP contribution in [0.4, 0.5) is 5.69 Å². The zero-order chi connectivity index (χ0) is 13.1. The minimum absolute atomic E-state index is 0.262. The lowest BCUT2D eigenvalue weighted by atomic mass is 10.0. The highest BCUT2D eigenvalue weighted by Gasteiger charge is 2.18. The molecule has 0 spiro atoms. The van der Waals surface area contributed by atoms with Crippen molar-refractivity contribution in [3.8, 4) is 0 Å². The molecule has 0 aliphatic carbocycles. The van der Waals surface area contributed by atoms with Crippen molar-refractivity contribution in [1.82, 2.24) is 0 Å². The van der Waals surface area contributed by atoms with E-state index in [9.17, 15) is 4.79 Å². The van der Waals surface area contributed by atoms with Crippen LogP contribution >= 0.6 is 0 Å². The summed E-state index contributed by atoms with van der Waals surface area (Å²) >= 11 is 0. The summed E-state index contributed by atoms with van der Waals surface area (Å²) in [5, 5.41) is 3.23. The van der Waals surface area contributed by atoms with Gasteiger partial charge in [0.25, 0.3) is 0 Å². The number of benzene rings is 2. The fourth-order valence-corrected chi connectivity index (χ4v) is 2.26. The van der Waals surface area contributed by atoms with E-state index in [4.69, 9.17) is 0 Å². The quantitative estimate of drug-likeness (QED) is 0.832. The van der Waals surface area contributed by atoms with Crippen LogP contribution in [0.1, 0.15) is 11.1 Å². The number of rotatable bonds is 2. The van der Waals surface area contributed by atoms with Crippen molar-refractivity contribution in [2.24, 2.45) is 4.99 Å². The number of benzodiazepines with no additional fused rings is 1. The fourth-order valence-electron chi connectivity index (χ4n) is 2.26. The molecule has 2 aromatic rings. The number of carbonyl (C=O) groups excluding carboxylic acids is 1. The van der Waals surface area contributed by atoms with Gasteiger partial charge in [-0.2, -0.15) is 0 Å². The minimum Gasteiger partial charge on any atom is -0.373 e. The number of hydrogen-bond donors (Lipinski definition) is 1. The molecule has 1 heterocycles. The summed E-state index contributed by atoms with van der Waals surface area (Å²) in [5.41, 5.74) is 4.01. The molecule has 0 bridgehead atoms. The molecule has 0 saturated carbocycles. The number of para-hydroxylation sites is 1. The third-order valence-electron chi connectivity index (χ3n) is 3.18. The molecule has 1 aliphatic rings. The molecule has 1 atom stereocenters. The number of aliphatic imine (C=N–C) groups is 1. The third-order valence-corrected chi connectivity index (χ3v) is 3.18. The smallest absolute Gasteiger partial charge is 0.144 e. The van der Waals surface area contributed by atoms with Gasteiger partial charge in [0, 0.05) is 16.8 Å². The normalized spacial score (nSPS) is 17.7. The third kappa shape index (κ3) is 2.27. The van der Waals surface area contributed by atoms with E-state index in [1.807, 2.05) is 54.6 Å². The molecule has 0 fully saturated rings. The second-order valence-corrected chi connectivity index (χ2v) is 4.49. The van der Waals surface area contributed by atoms with Crippen molar-refractivity contribution in [2.45, 2.75) is 6.04 Å². The molecule has 94 valence electrons. The van der Waals surface area contributed by atoms with Gasteiger partial charge in [-0.15, -0.1) is 0 Å². The molecule has 3 rings (SSSR count). The molecule has 0 aromatic heterocycles. The average Bonchev–Trinajstić information content (AvgIpc) is 2.67. The molecular weight excluding hydrogens is 236 g/mol. The number of nitrogens with one attached hydrogen (secondary N) is 1. The predicted molar refractivity (Wildman–Crippen MR) is 76.9 cm³/mol. The molecule has 1 unspecified atom stereocenters. The molecule has 19 heavy (non-hydrogen) atoms. The van der Waals surface area contributed by atoms with E-state index in [-0.39, 0.29) is 6.04 Å². The molecule has 0 saturated heterocycles. The van der Waals surface area contributed by atoms with Crippen LogP contribution in [0.25, 0.3) is 0 Å². The molecule has 2 aromatic carbocycles. The highest BCUT2D eigenvalue weighted by atomic mass is 16.1. The first-order valence-electron chi connectivity index (χ1n) is 6.29. The number of hydrogen-bond acceptors (Lipinski definition) is 3. The lowest BCUT2D eigenvalue weighted by molar-refractivity contribution is -0.108. The largest absolute Gasteiger partial charge is 0.373 e. The van der Waals surface area contributed by atoms with E-state index in [0.717, 1.165) is 28.8 Å². The van der Waals surface area contributed by atoms with Gasteiger partial charge in [0.15, 0.2) is 0 Å². The first kappa shape index (κ1) is 11.7. The summed E-state index contributed by atoms with van der Waals surface area (Å²) in [6.07, 6.45) is 0.911. The van der Waals surface area contributed by atoms with Crippen molar-refractivity contribution in [3.63, 3.8) is 0 Å². The van der Waals surface area contributed by atoms with Gasteiger partial charge < -0.3 is 10.1 Å². The zero-order valence-electron chi connectivity index (χ0n) is 10.4. The van der Waals surface area contributed by atoms with E-state index >= 15 is 0 Å². The van der Waals surface area contributed by atoms with Crippen LogP contribution in [-0.2, 0) is 4.79 Å². The van der Waals surface area contributed by atoms with E-state index in [0.29, 0.717) is 6.54 Å². The molecule has 1 aliphatic heterocycles. The highest BCUT2D eigenvalue weighted by molar-refractivity contribution is 6.16. The Bertz CT molecular complexity index is 620.